The topological polar surface area (TPSA) is 46.6 Å². The lowest BCUT2D eigenvalue weighted by Crippen LogP contribution is -2.50. The van der Waals surface area contributed by atoms with Crippen molar-refractivity contribution in [3.63, 3.8) is 0 Å². The monoisotopic (exact) mass is 247 g/mol. The van der Waals surface area contributed by atoms with Gasteiger partial charge in [-0.25, -0.2) is 4.79 Å². The van der Waals surface area contributed by atoms with E-state index in [-0.39, 0.29) is 11.7 Å². The maximum Gasteiger partial charge on any atom is 0.410 e. The molecule has 0 N–H and O–H groups in total. The van der Waals surface area contributed by atoms with Crippen LogP contribution >= 0.6 is 11.6 Å². The van der Waals surface area contributed by atoms with Crippen molar-refractivity contribution >= 4 is 23.5 Å². The number of carbonyl (C=O) groups excluding carboxylic acids is 2. The van der Waals surface area contributed by atoms with E-state index in [0.717, 1.165) is 6.42 Å². The Morgan fingerprint density at radius 1 is 1.50 bits per heavy atom. The second-order valence-electron chi connectivity index (χ2n) is 4.14. The third kappa shape index (κ3) is 3.11. The third-order valence-electron chi connectivity index (χ3n) is 2.87. The number of piperidine rings is 1. The second kappa shape index (κ2) is 6.09. The van der Waals surface area contributed by atoms with Crippen LogP contribution in [-0.4, -0.2) is 41.8 Å². The first-order chi connectivity index (χ1) is 7.60. The number of rotatable bonds is 3. The van der Waals surface area contributed by atoms with E-state index in [1.54, 1.807) is 6.92 Å². The molecule has 0 aromatic rings. The van der Waals surface area contributed by atoms with Crippen molar-refractivity contribution in [2.75, 3.05) is 19.0 Å². The summed E-state index contributed by atoms with van der Waals surface area (Å²) in [5, 5.41) is 0. The van der Waals surface area contributed by atoms with Gasteiger partial charge in [0.25, 0.3) is 0 Å². The van der Waals surface area contributed by atoms with E-state index in [9.17, 15) is 9.59 Å². The summed E-state index contributed by atoms with van der Waals surface area (Å²) in [4.78, 5) is 24.8. The molecule has 1 rings (SSSR count). The fourth-order valence-corrected chi connectivity index (χ4v) is 2.14. The van der Waals surface area contributed by atoms with Crippen LogP contribution in [0.4, 0.5) is 4.79 Å². The van der Waals surface area contributed by atoms with Crippen molar-refractivity contribution in [1.82, 2.24) is 4.90 Å². The summed E-state index contributed by atoms with van der Waals surface area (Å²) in [5.41, 5.74) is 0. The van der Waals surface area contributed by atoms with E-state index in [1.165, 1.54) is 4.90 Å². The Kier molecular flexibility index (Phi) is 5.06. The average molecular weight is 248 g/mol. The molecule has 92 valence electrons. The molecule has 16 heavy (non-hydrogen) atoms. The molecule has 1 heterocycles. The van der Waals surface area contributed by atoms with Crippen LogP contribution in [0.1, 0.15) is 26.7 Å². The molecule has 0 saturated carbocycles. The number of amides is 1. The van der Waals surface area contributed by atoms with E-state index in [4.69, 9.17) is 16.3 Å². The van der Waals surface area contributed by atoms with Crippen LogP contribution < -0.4 is 0 Å². The van der Waals surface area contributed by atoms with Crippen LogP contribution in [0.3, 0.4) is 0 Å². The molecule has 1 saturated heterocycles. The summed E-state index contributed by atoms with van der Waals surface area (Å²) in [5.74, 6) is 0.303. The molecule has 1 fully saturated rings. The van der Waals surface area contributed by atoms with Crippen molar-refractivity contribution in [1.29, 1.82) is 0 Å². The van der Waals surface area contributed by atoms with Crippen LogP contribution in [0.15, 0.2) is 0 Å². The SMILES string of the molecule is CCOC(=O)N1CCC(C)CC1C(=O)CCl. The van der Waals surface area contributed by atoms with Gasteiger partial charge in [-0.15, -0.1) is 11.6 Å². The molecule has 0 radical (unpaired) electrons. The molecule has 0 spiro atoms. The highest BCUT2D eigenvalue weighted by atomic mass is 35.5. The molecule has 0 aromatic heterocycles. The first-order valence-electron chi connectivity index (χ1n) is 5.62. The molecule has 0 bridgehead atoms. The zero-order valence-corrected chi connectivity index (χ0v) is 10.5. The van der Waals surface area contributed by atoms with Crippen LogP contribution in [0.25, 0.3) is 0 Å². The normalized spacial score (nSPS) is 25.3. The highest BCUT2D eigenvalue weighted by Gasteiger charge is 2.34. The van der Waals surface area contributed by atoms with Crippen molar-refractivity contribution in [3.05, 3.63) is 0 Å². The summed E-state index contributed by atoms with van der Waals surface area (Å²) in [6.07, 6.45) is 1.19. The van der Waals surface area contributed by atoms with Gasteiger partial charge in [0.1, 0.15) is 0 Å². The first-order valence-corrected chi connectivity index (χ1v) is 6.15. The van der Waals surface area contributed by atoms with Gasteiger partial charge in [-0.1, -0.05) is 6.92 Å². The predicted octanol–water partition coefficient (Wildman–Crippen LogP) is 2.05. The van der Waals surface area contributed by atoms with E-state index >= 15 is 0 Å². The number of ketones is 1. The predicted molar refractivity (Wildman–Crippen MR) is 61.6 cm³/mol. The van der Waals surface area contributed by atoms with Crippen molar-refractivity contribution in [3.8, 4) is 0 Å². The van der Waals surface area contributed by atoms with Gasteiger partial charge >= 0.3 is 6.09 Å². The summed E-state index contributed by atoms with van der Waals surface area (Å²) < 4.78 is 4.93. The first kappa shape index (κ1) is 13.3. The second-order valence-corrected chi connectivity index (χ2v) is 4.40. The molecule has 1 amide bonds. The number of carbonyl (C=O) groups is 2. The smallest absolute Gasteiger partial charge is 0.410 e. The third-order valence-corrected chi connectivity index (χ3v) is 3.13. The number of halogens is 1. The number of alkyl halides is 1. The Labute approximate surface area is 101 Å². The molecule has 5 heteroatoms. The Morgan fingerprint density at radius 3 is 2.75 bits per heavy atom. The van der Waals surface area contributed by atoms with Gasteiger partial charge in [0.15, 0.2) is 5.78 Å². The fourth-order valence-electron chi connectivity index (χ4n) is 1.96. The number of hydrogen-bond donors (Lipinski definition) is 0. The molecule has 1 aliphatic heterocycles. The number of nitrogens with zero attached hydrogens (tertiary/aromatic N) is 1. The van der Waals surface area contributed by atoms with Crippen LogP contribution in [0, 0.1) is 5.92 Å². The maximum atomic E-state index is 11.7. The van der Waals surface area contributed by atoms with Gasteiger partial charge in [0.2, 0.25) is 0 Å². The van der Waals surface area contributed by atoms with Crippen LogP contribution in [0.2, 0.25) is 0 Å². The summed E-state index contributed by atoms with van der Waals surface area (Å²) in [7, 11) is 0. The number of likely N-dealkylation sites (tertiary alicyclic amines) is 1. The van der Waals surface area contributed by atoms with Gasteiger partial charge in [0.05, 0.1) is 18.5 Å². The van der Waals surface area contributed by atoms with Crippen molar-refractivity contribution in [2.45, 2.75) is 32.7 Å². The molecule has 1 aliphatic rings. The molecule has 2 atom stereocenters. The Balaban J connectivity index is 2.71. The Hall–Kier alpha value is -0.770. The van der Waals surface area contributed by atoms with E-state index < -0.39 is 12.1 Å². The minimum atomic E-state index is -0.405. The van der Waals surface area contributed by atoms with Gasteiger partial charge in [-0.3, -0.25) is 9.69 Å². The zero-order chi connectivity index (χ0) is 12.1. The van der Waals surface area contributed by atoms with Gasteiger partial charge < -0.3 is 4.74 Å². The van der Waals surface area contributed by atoms with Gasteiger partial charge in [-0.2, -0.15) is 0 Å². The van der Waals surface area contributed by atoms with E-state index in [0.29, 0.717) is 25.5 Å². The minimum absolute atomic E-state index is 0.0483. The zero-order valence-electron chi connectivity index (χ0n) is 9.74. The van der Waals surface area contributed by atoms with Gasteiger partial charge in [-0.05, 0) is 25.7 Å². The maximum absolute atomic E-state index is 11.7. The van der Waals surface area contributed by atoms with E-state index in [1.807, 2.05) is 0 Å². The standard InChI is InChI=1S/C11H18ClNO3/c1-3-16-11(15)13-5-4-8(2)6-9(13)10(14)7-12/h8-9H,3-7H2,1-2H3. The molecular formula is C11H18ClNO3. The highest BCUT2D eigenvalue weighted by molar-refractivity contribution is 6.28. The largest absolute Gasteiger partial charge is 0.450 e. The number of hydrogen-bond acceptors (Lipinski definition) is 3. The van der Waals surface area contributed by atoms with Gasteiger partial charge in [0, 0.05) is 6.54 Å². The Morgan fingerprint density at radius 2 is 2.19 bits per heavy atom. The molecule has 4 nitrogen and oxygen atoms in total. The van der Waals surface area contributed by atoms with Crippen LogP contribution in [0.5, 0.6) is 0 Å². The van der Waals surface area contributed by atoms with Crippen LogP contribution in [-0.2, 0) is 9.53 Å². The quantitative estimate of drug-likeness (QED) is 0.717. The molecule has 0 aromatic carbocycles. The molecular weight excluding hydrogens is 230 g/mol. The lowest BCUT2D eigenvalue weighted by atomic mass is 9.91. The lowest BCUT2D eigenvalue weighted by Gasteiger charge is -2.36. The number of ether oxygens (including phenoxy) is 1. The minimum Gasteiger partial charge on any atom is -0.450 e. The highest BCUT2D eigenvalue weighted by Crippen LogP contribution is 2.24. The van der Waals surface area contributed by atoms with Crippen molar-refractivity contribution < 1.29 is 14.3 Å². The summed E-state index contributed by atoms with van der Waals surface area (Å²) >= 11 is 5.55. The fraction of sp³-hybridized carbons (Fsp3) is 0.818. The lowest BCUT2D eigenvalue weighted by molar-refractivity contribution is -0.123. The average Bonchev–Trinajstić information content (AvgIpc) is 2.28. The molecule has 2 unspecified atom stereocenters. The Bertz CT molecular complexity index is 270. The van der Waals surface area contributed by atoms with E-state index in [2.05, 4.69) is 6.92 Å². The van der Waals surface area contributed by atoms with Crippen molar-refractivity contribution in [2.24, 2.45) is 5.92 Å². The molecule has 0 aliphatic carbocycles. The summed E-state index contributed by atoms with van der Waals surface area (Å²) in [6.45, 7) is 4.74. The summed E-state index contributed by atoms with van der Waals surface area (Å²) in [6, 6.07) is -0.403. The number of Topliss-reactive ketones (excluding diaryl/α,β-unsaturated/α-hetero) is 1.